The molecule has 2 N–H and O–H groups in total. The fraction of sp³-hybridized carbons (Fsp3) is 0.333. The van der Waals surface area contributed by atoms with E-state index in [1.807, 2.05) is 25.1 Å². The molecule has 0 unspecified atom stereocenters. The van der Waals surface area contributed by atoms with Gasteiger partial charge in [-0.2, -0.15) is 0 Å². The van der Waals surface area contributed by atoms with Gasteiger partial charge in [0.2, 0.25) is 0 Å². The number of hydrogen-bond donors (Lipinski definition) is 1. The maximum atomic E-state index is 6.14. The molecule has 1 saturated carbocycles. The monoisotopic (exact) mass is 277 g/mol. The van der Waals surface area contributed by atoms with Crippen LogP contribution in [0.2, 0.25) is 0 Å². The summed E-state index contributed by atoms with van der Waals surface area (Å²) in [5.74, 6) is 0.782. The Morgan fingerprint density at radius 3 is 2.75 bits per heavy atom. The van der Waals surface area contributed by atoms with Crippen molar-refractivity contribution in [3.8, 4) is 0 Å². The number of fused-ring (bicyclic) bond motifs is 1. The Hall–Kier alpha value is -1.00. The number of rotatable bonds is 1. The highest BCUT2D eigenvalue weighted by atomic mass is 79.9. The molecule has 1 aromatic carbocycles. The fourth-order valence-electron chi connectivity index (χ4n) is 1.85. The maximum absolute atomic E-state index is 6.14. The number of benzene rings is 1. The van der Waals surface area contributed by atoms with Crippen molar-refractivity contribution < 1.29 is 0 Å². The topological polar surface area (TPSA) is 51.8 Å². The van der Waals surface area contributed by atoms with Gasteiger partial charge in [0.25, 0.3) is 0 Å². The number of nitrogens with zero attached hydrogens (tertiary/aromatic N) is 2. The van der Waals surface area contributed by atoms with Crippen molar-refractivity contribution in [1.29, 1.82) is 0 Å². The van der Waals surface area contributed by atoms with E-state index in [-0.39, 0.29) is 5.54 Å². The van der Waals surface area contributed by atoms with Crippen LogP contribution in [0.5, 0.6) is 0 Å². The predicted octanol–water partition coefficient (Wildman–Crippen LogP) is 2.65. The highest BCUT2D eigenvalue weighted by molar-refractivity contribution is 9.10. The second-order valence-electron chi connectivity index (χ2n) is 4.42. The van der Waals surface area contributed by atoms with Gasteiger partial charge < -0.3 is 5.73 Å². The van der Waals surface area contributed by atoms with Gasteiger partial charge in [0.15, 0.2) is 0 Å². The minimum Gasteiger partial charge on any atom is -0.319 e. The van der Waals surface area contributed by atoms with Crippen LogP contribution in [0.1, 0.15) is 24.4 Å². The molecule has 2 aromatic rings. The van der Waals surface area contributed by atoms with Crippen molar-refractivity contribution in [2.45, 2.75) is 25.3 Å². The van der Waals surface area contributed by atoms with Gasteiger partial charge in [0.1, 0.15) is 5.82 Å². The average Bonchev–Trinajstić information content (AvgIpc) is 2.99. The Morgan fingerprint density at radius 1 is 1.31 bits per heavy atom. The highest BCUT2D eigenvalue weighted by Gasteiger charge is 2.43. The molecule has 82 valence electrons. The van der Waals surface area contributed by atoms with Gasteiger partial charge in [-0.15, -0.1) is 0 Å². The van der Waals surface area contributed by atoms with Crippen LogP contribution in [-0.4, -0.2) is 9.97 Å². The van der Waals surface area contributed by atoms with Crippen LogP contribution in [0.3, 0.4) is 0 Å². The SMILES string of the molecule is Cc1nc(C2(N)CC2)nc2c(Br)cccc12. The van der Waals surface area contributed by atoms with E-state index in [4.69, 9.17) is 5.73 Å². The number of para-hydroxylation sites is 1. The summed E-state index contributed by atoms with van der Waals surface area (Å²) in [5, 5.41) is 1.09. The summed E-state index contributed by atoms with van der Waals surface area (Å²) >= 11 is 3.52. The van der Waals surface area contributed by atoms with Gasteiger partial charge in [-0.25, -0.2) is 9.97 Å². The van der Waals surface area contributed by atoms with Crippen LogP contribution in [0, 0.1) is 6.92 Å². The number of halogens is 1. The fourth-order valence-corrected chi connectivity index (χ4v) is 2.31. The molecule has 1 heterocycles. The van der Waals surface area contributed by atoms with Crippen LogP contribution in [-0.2, 0) is 5.54 Å². The molecule has 3 rings (SSSR count). The van der Waals surface area contributed by atoms with E-state index in [1.165, 1.54) is 0 Å². The molecule has 1 aliphatic rings. The first-order valence-electron chi connectivity index (χ1n) is 5.32. The molecule has 0 radical (unpaired) electrons. The summed E-state index contributed by atoms with van der Waals surface area (Å²) in [5.41, 5.74) is 7.83. The van der Waals surface area contributed by atoms with Crippen molar-refractivity contribution in [3.05, 3.63) is 34.2 Å². The number of nitrogens with two attached hydrogens (primary N) is 1. The second-order valence-corrected chi connectivity index (χ2v) is 5.28. The Labute approximate surface area is 102 Å². The highest BCUT2D eigenvalue weighted by Crippen LogP contribution is 2.41. The smallest absolute Gasteiger partial charge is 0.149 e. The Balaban J connectivity index is 2.32. The van der Waals surface area contributed by atoms with E-state index in [0.29, 0.717) is 0 Å². The summed E-state index contributed by atoms with van der Waals surface area (Å²) in [7, 11) is 0. The first kappa shape index (κ1) is 10.2. The standard InChI is InChI=1S/C12H12BrN3/c1-7-8-3-2-4-9(13)10(8)16-11(15-7)12(14)5-6-12/h2-4H,5-6,14H2,1H3. The lowest BCUT2D eigenvalue weighted by Gasteiger charge is -2.10. The van der Waals surface area contributed by atoms with E-state index in [1.54, 1.807) is 0 Å². The van der Waals surface area contributed by atoms with E-state index in [9.17, 15) is 0 Å². The molecule has 0 aliphatic heterocycles. The van der Waals surface area contributed by atoms with Crippen LogP contribution >= 0.6 is 15.9 Å². The zero-order valence-electron chi connectivity index (χ0n) is 9.00. The van der Waals surface area contributed by atoms with Crippen molar-refractivity contribution >= 4 is 26.8 Å². The molecule has 16 heavy (non-hydrogen) atoms. The molecule has 0 atom stereocenters. The molecule has 0 amide bonds. The van der Waals surface area contributed by atoms with E-state index < -0.39 is 0 Å². The van der Waals surface area contributed by atoms with Crippen molar-refractivity contribution in [2.75, 3.05) is 0 Å². The first-order chi connectivity index (χ1) is 7.60. The Kier molecular flexibility index (Phi) is 2.06. The Morgan fingerprint density at radius 2 is 2.06 bits per heavy atom. The molecule has 0 spiro atoms. The molecular formula is C12H12BrN3. The largest absolute Gasteiger partial charge is 0.319 e. The lowest BCUT2D eigenvalue weighted by Crippen LogP contribution is -2.22. The minimum atomic E-state index is -0.270. The zero-order valence-corrected chi connectivity index (χ0v) is 10.6. The average molecular weight is 278 g/mol. The second kappa shape index (κ2) is 3.25. The zero-order chi connectivity index (χ0) is 11.3. The Bertz CT molecular complexity index is 576. The quantitative estimate of drug-likeness (QED) is 0.872. The predicted molar refractivity (Wildman–Crippen MR) is 67.1 cm³/mol. The molecule has 1 aromatic heterocycles. The van der Waals surface area contributed by atoms with Crippen molar-refractivity contribution in [3.63, 3.8) is 0 Å². The van der Waals surface area contributed by atoms with Crippen LogP contribution in [0.25, 0.3) is 10.9 Å². The molecular weight excluding hydrogens is 266 g/mol. The third-order valence-electron chi connectivity index (χ3n) is 3.10. The van der Waals surface area contributed by atoms with E-state index in [2.05, 4.69) is 25.9 Å². The summed E-state index contributed by atoms with van der Waals surface area (Å²) in [6.07, 6.45) is 1.98. The lowest BCUT2D eigenvalue weighted by atomic mass is 10.1. The summed E-state index contributed by atoms with van der Waals surface area (Å²) in [6.45, 7) is 2.01. The van der Waals surface area contributed by atoms with Crippen LogP contribution < -0.4 is 5.73 Å². The van der Waals surface area contributed by atoms with Crippen LogP contribution in [0.4, 0.5) is 0 Å². The third kappa shape index (κ3) is 1.44. The minimum absolute atomic E-state index is 0.270. The van der Waals surface area contributed by atoms with Crippen LogP contribution in [0.15, 0.2) is 22.7 Å². The first-order valence-corrected chi connectivity index (χ1v) is 6.12. The van der Waals surface area contributed by atoms with Gasteiger partial charge in [-0.05, 0) is 41.8 Å². The maximum Gasteiger partial charge on any atom is 0.149 e. The van der Waals surface area contributed by atoms with Gasteiger partial charge in [-0.3, -0.25) is 0 Å². The number of aromatic nitrogens is 2. The number of aryl methyl sites for hydroxylation is 1. The van der Waals surface area contributed by atoms with E-state index in [0.717, 1.165) is 39.7 Å². The van der Waals surface area contributed by atoms with Gasteiger partial charge in [0.05, 0.1) is 11.1 Å². The van der Waals surface area contributed by atoms with Gasteiger partial charge >= 0.3 is 0 Å². The summed E-state index contributed by atoms with van der Waals surface area (Å²) < 4.78 is 1.00. The molecule has 1 aliphatic carbocycles. The molecule has 0 bridgehead atoms. The number of hydrogen-bond acceptors (Lipinski definition) is 3. The van der Waals surface area contributed by atoms with Gasteiger partial charge in [0, 0.05) is 15.6 Å². The molecule has 4 heteroatoms. The molecule has 1 fully saturated rings. The summed E-state index contributed by atoms with van der Waals surface area (Å²) in [4.78, 5) is 9.11. The third-order valence-corrected chi connectivity index (χ3v) is 3.74. The van der Waals surface area contributed by atoms with E-state index >= 15 is 0 Å². The molecule has 3 nitrogen and oxygen atoms in total. The lowest BCUT2D eigenvalue weighted by molar-refractivity contribution is 0.674. The van der Waals surface area contributed by atoms with Crippen molar-refractivity contribution in [2.24, 2.45) is 5.73 Å². The summed E-state index contributed by atoms with van der Waals surface area (Å²) in [6, 6.07) is 6.03. The van der Waals surface area contributed by atoms with Gasteiger partial charge in [-0.1, -0.05) is 12.1 Å². The normalized spacial score (nSPS) is 17.7. The van der Waals surface area contributed by atoms with Crippen molar-refractivity contribution in [1.82, 2.24) is 9.97 Å². The molecule has 0 saturated heterocycles.